The van der Waals surface area contributed by atoms with Gasteiger partial charge in [-0.2, -0.15) is 18.2 Å². The number of rotatable bonds is 3. The second-order valence-corrected chi connectivity index (χ2v) is 6.80. The average molecular weight is 417 g/mol. The molecule has 0 atom stereocenters. The van der Waals surface area contributed by atoms with E-state index >= 15 is 0 Å². The summed E-state index contributed by atoms with van der Waals surface area (Å²) in [6.45, 7) is 0.649. The zero-order valence-electron chi connectivity index (χ0n) is 12.9. The molecule has 1 aromatic heterocycles. The summed E-state index contributed by atoms with van der Waals surface area (Å²) in [7, 11) is 0. The summed E-state index contributed by atoms with van der Waals surface area (Å²) in [6, 6.07) is 5.82. The highest BCUT2D eigenvalue weighted by atomic mass is 79.9. The molecule has 0 bridgehead atoms. The minimum atomic E-state index is -4.87. The van der Waals surface area contributed by atoms with Crippen LogP contribution < -0.4 is 5.49 Å². The first kappa shape index (κ1) is 17.8. The van der Waals surface area contributed by atoms with E-state index in [1.165, 1.54) is 0 Å². The van der Waals surface area contributed by atoms with Gasteiger partial charge in [0, 0.05) is 17.2 Å². The Labute approximate surface area is 149 Å². The molecule has 3 rings (SSSR count). The number of pyridine rings is 1. The van der Waals surface area contributed by atoms with Gasteiger partial charge in [-0.05, 0) is 59.0 Å². The molecule has 1 amide bonds. The number of carbonyl (C=O) groups excluding carboxylic acids is 1. The predicted molar refractivity (Wildman–Crippen MR) is 86.2 cm³/mol. The summed E-state index contributed by atoms with van der Waals surface area (Å²) < 4.78 is 55.0. The molecule has 8 heteroatoms. The largest absolute Gasteiger partial charge is 0.419 e. The van der Waals surface area contributed by atoms with Crippen molar-refractivity contribution in [2.24, 2.45) is 10.9 Å². The van der Waals surface area contributed by atoms with Gasteiger partial charge in [-0.15, -0.1) is 0 Å². The lowest BCUT2D eigenvalue weighted by Crippen LogP contribution is -2.23. The van der Waals surface area contributed by atoms with Crippen LogP contribution in [0, 0.1) is 11.7 Å². The number of aromatic nitrogens is 1. The number of benzene rings is 1. The monoisotopic (exact) mass is 416 g/mol. The number of alkyl halides is 3. The van der Waals surface area contributed by atoms with E-state index in [9.17, 15) is 22.4 Å². The number of halogens is 5. The van der Waals surface area contributed by atoms with Crippen LogP contribution in [0.1, 0.15) is 28.8 Å². The molecule has 0 radical (unpaired) electrons. The van der Waals surface area contributed by atoms with Gasteiger partial charge < -0.3 is 4.57 Å². The first-order chi connectivity index (χ1) is 11.8. The molecule has 0 unspecified atom stereocenters. The van der Waals surface area contributed by atoms with Gasteiger partial charge in [-0.25, -0.2) is 4.39 Å². The highest BCUT2D eigenvalue weighted by Crippen LogP contribution is 2.32. The maximum atomic E-state index is 14.1. The third-order valence-electron chi connectivity index (χ3n) is 3.87. The van der Waals surface area contributed by atoms with Crippen LogP contribution in [0.25, 0.3) is 0 Å². The summed E-state index contributed by atoms with van der Waals surface area (Å²) in [5.74, 6) is -2.15. The van der Waals surface area contributed by atoms with E-state index in [4.69, 9.17) is 0 Å². The van der Waals surface area contributed by atoms with Crippen molar-refractivity contribution in [1.82, 2.24) is 4.57 Å². The highest BCUT2D eigenvalue weighted by Gasteiger charge is 2.35. The molecule has 0 aliphatic heterocycles. The Morgan fingerprint density at radius 1 is 1.24 bits per heavy atom. The van der Waals surface area contributed by atoms with Crippen molar-refractivity contribution in [3.05, 3.63) is 63.4 Å². The van der Waals surface area contributed by atoms with E-state index in [0.29, 0.717) is 18.5 Å². The lowest BCUT2D eigenvalue weighted by atomic mass is 10.1. The predicted octanol–water partition coefficient (Wildman–Crippen LogP) is 4.56. The molecule has 1 heterocycles. The lowest BCUT2D eigenvalue weighted by molar-refractivity contribution is -0.140. The van der Waals surface area contributed by atoms with E-state index in [1.807, 2.05) is 0 Å². The summed E-state index contributed by atoms with van der Waals surface area (Å²) in [4.78, 5) is 16.1. The third kappa shape index (κ3) is 4.18. The summed E-state index contributed by atoms with van der Waals surface area (Å²) in [5.41, 5.74) is -1.90. The van der Waals surface area contributed by atoms with Crippen molar-refractivity contribution in [2.75, 3.05) is 0 Å². The molecule has 0 N–H and O–H groups in total. The number of hydrogen-bond donors (Lipinski definition) is 0. The van der Waals surface area contributed by atoms with Crippen LogP contribution in [0.2, 0.25) is 0 Å². The Bertz CT molecular complexity index is 885. The SMILES string of the molecule is O=C(/N=c1\ccc(Br)cn1CC1CC1)c1cccc(C(F)(F)F)c1F. The first-order valence-corrected chi connectivity index (χ1v) is 8.36. The molecule has 0 spiro atoms. The zero-order chi connectivity index (χ0) is 18.2. The van der Waals surface area contributed by atoms with Crippen LogP contribution >= 0.6 is 15.9 Å². The van der Waals surface area contributed by atoms with Gasteiger partial charge >= 0.3 is 6.18 Å². The molecule has 3 nitrogen and oxygen atoms in total. The van der Waals surface area contributed by atoms with Crippen molar-refractivity contribution >= 4 is 21.8 Å². The molecule has 1 fully saturated rings. The minimum Gasteiger partial charge on any atom is -0.332 e. The fourth-order valence-corrected chi connectivity index (χ4v) is 2.79. The van der Waals surface area contributed by atoms with Gasteiger partial charge in [-0.1, -0.05) is 6.07 Å². The van der Waals surface area contributed by atoms with E-state index in [1.54, 1.807) is 22.9 Å². The molecular weight excluding hydrogens is 404 g/mol. The average Bonchev–Trinajstić information content (AvgIpc) is 3.33. The van der Waals surface area contributed by atoms with E-state index in [2.05, 4.69) is 20.9 Å². The lowest BCUT2D eigenvalue weighted by Gasteiger charge is -2.10. The van der Waals surface area contributed by atoms with E-state index in [0.717, 1.165) is 29.4 Å². The first-order valence-electron chi connectivity index (χ1n) is 7.56. The summed E-state index contributed by atoms with van der Waals surface area (Å²) in [6.07, 6.45) is -0.971. The molecule has 132 valence electrons. The molecule has 1 saturated carbocycles. The van der Waals surface area contributed by atoms with Crippen LogP contribution in [0.4, 0.5) is 17.6 Å². The van der Waals surface area contributed by atoms with Crippen molar-refractivity contribution < 1.29 is 22.4 Å². The van der Waals surface area contributed by atoms with Gasteiger partial charge in [0.25, 0.3) is 5.91 Å². The molecule has 2 aromatic rings. The number of carbonyl (C=O) groups is 1. The Kier molecular flexibility index (Phi) is 4.81. The number of amides is 1. The Morgan fingerprint density at radius 3 is 2.60 bits per heavy atom. The quantitative estimate of drug-likeness (QED) is 0.675. The Morgan fingerprint density at radius 2 is 1.96 bits per heavy atom. The van der Waals surface area contributed by atoms with E-state index in [-0.39, 0.29) is 5.49 Å². The van der Waals surface area contributed by atoms with Crippen molar-refractivity contribution in [3.63, 3.8) is 0 Å². The second-order valence-electron chi connectivity index (χ2n) is 5.88. The topological polar surface area (TPSA) is 34.4 Å². The van der Waals surface area contributed by atoms with Crippen LogP contribution in [0.3, 0.4) is 0 Å². The summed E-state index contributed by atoms with van der Waals surface area (Å²) in [5, 5.41) is 0. The van der Waals surface area contributed by atoms with Crippen molar-refractivity contribution in [3.8, 4) is 0 Å². The zero-order valence-corrected chi connectivity index (χ0v) is 14.4. The summed E-state index contributed by atoms with van der Waals surface area (Å²) >= 11 is 3.33. The van der Waals surface area contributed by atoms with E-state index < -0.39 is 29.0 Å². The normalized spacial score (nSPS) is 15.5. The number of hydrogen-bond acceptors (Lipinski definition) is 1. The molecule has 1 aliphatic carbocycles. The van der Waals surface area contributed by atoms with Gasteiger partial charge in [0.2, 0.25) is 0 Å². The molecule has 25 heavy (non-hydrogen) atoms. The maximum absolute atomic E-state index is 14.1. The minimum absolute atomic E-state index is 0.275. The second kappa shape index (κ2) is 6.74. The fourth-order valence-electron chi connectivity index (χ4n) is 2.41. The number of nitrogens with zero attached hydrogens (tertiary/aromatic N) is 2. The van der Waals surface area contributed by atoms with Crippen LogP contribution in [0.5, 0.6) is 0 Å². The molecule has 0 saturated heterocycles. The fraction of sp³-hybridized carbons (Fsp3) is 0.294. The van der Waals surface area contributed by atoms with Crippen molar-refractivity contribution in [2.45, 2.75) is 25.6 Å². The third-order valence-corrected chi connectivity index (χ3v) is 4.34. The Balaban J connectivity index is 2.01. The Hall–Kier alpha value is -1.96. The highest BCUT2D eigenvalue weighted by molar-refractivity contribution is 9.10. The van der Waals surface area contributed by atoms with Gasteiger partial charge in [0.1, 0.15) is 11.3 Å². The smallest absolute Gasteiger partial charge is 0.332 e. The molecule has 1 aromatic carbocycles. The van der Waals surface area contributed by atoms with Gasteiger partial charge in [0.15, 0.2) is 0 Å². The van der Waals surface area contributed by atoms with Crippen LogP contribution in [-0.4, -0.2) is 10.5 Å². The molecular formula is C17H13BrF4N2O. The van der Waals surface area contributed by atoms with Crippen molar-refractivity contribution in [1.29, 1.82) is 0 Å². The maximum Gasteiger partial charge on any atom is 0.419 e. The standard InChI is InChI=1S/C17H13BrF4N2O/c18-11-6-7-14(24(9-11)8-10-4-5-10)23-16(25)12-2-1-3-13(15(12)19)17(20,21)22/h1-3,6-7,9-10H,4-5,8H2/b23-14+. The van der Waals surface area contributed by atoms with Gasteiger partial charge in [0.05, 0.1) is 11.1 Å². The van der Waals surface area contributed by atoms with Crippen LogP contribution in [0.15, 0.2) is 46.0 Å². The van der Waals surface area contributed by atoms with Gasteiger partial charge in [-0.3, -0.25) is 4.79 Å². The molecule has 1 aliphatic rings. The van der Waals surface area contributed by atoms with Crippen LogP contribution in [-0.2, 0) is 12.7 Å².